The van der Waals surface area contributed by atoms with E-state index in [9.17, 15) is 4.79 Å². The zero-order chi connectivity index (χ0) is 10.7. The van der Waals surface area contributed by atoms with Crippen molar-refractivity contribution in [3.05, 3.63) is 22.7 Å². The molecule has 0 fully saturated rings. The molecule has 0 unspecified atom stereocenters. The summed E-state index contributed by atoms with van der Waals surface area (Å²) in [6.45, 7) is 0.509. The van der Waals surface area contributed by atoms with Gasteiger partial charge < -0.3 is 10.6 Å². The quantitative estimate of drug-likeness (QED) is 0.575. The van der Waals surface area contributed by atoms with Gasteiger partial charge in [0.1, 0.15) is 0 Å². The van der Waals surface area contributed by atoms with Gasteiger partial charge in [0.15, 0.2) is 11.2 Å². The summed E-state index contributed by atoms with van der Waals surface area (Å²) < 4.78 is 0. The second-order valence-corrected chi connectivity index (χ2v) is 2.85. The Hall–Kier alpha value is -2.02. The summed E-state index contributed by atoms with van der Waals surface area (Å²) in [6.07, 6.45) is 2.95. The highest BCUT2D eigenvalue weighted by molar-refractivity contribution is 5.68. The standard InChI is InChI=1S/C8H10N6O/c1-9-4-12-8-13-6-5(7(15)14-8)10-2-3-11-6/h2-3,9H,4H2,1H3,(H2,11,12,13,14,15). The van der Waals surface area contributed by atoms with Gasteiger partial charge in [0.2, 0.25) is 5.95 Å². The van der Waals surface area contributed by atoms with E-state index < -0.39 is 0 Å². The fourth-order valence-corrected chi connectivity index (χ4v) is 1.13. The van der Waals surface area contributed by atoms with Crippen molar-refractivity contribution in [3.8, 4) is 0 Å². The van der Waals surface area contributed by atoms with Crippen LogP contribution in [0.25, 0.3) is 11.2 Å². The molecule has 0 radical (unpaired) electrons. The van der Waals surface area contributed by atoms with E-state index in [0.29, 0.717) is 18.3 Å². The molecule has 7 heteroatoms. The number of rotatable bonds is 3. The molecular weight excluding hydrogens is 196 g/mol. The Bertz CT molecular complexity index is 522. The molecule has 2 heterocycles. The molecule has 0 aliphatic rings. The first-order chi connectivity index (χ1) is 7.31. The third kappa shape index (κ3) is 1.91. The molecular formula is C8H10N6O. The van der Waals surface area contributed by atoms with Crippen LogP contribution in [0.4, 0.5) is 5.95 Å². The molecule has 3 N–H and O–H groups in total. The van der Waals surface area contributed by atoms with E-state index in [-0.39, 0.29) is 11.1 Å². The molecule has 0 bridgehead atoms. The van der Waals surface area contributed by atoms with Gasteiger partial charge in [-0.05, 0) is 7.05 Å². The molecule has 0 spiro atoms. The Morgan fingerprint density at radius 3 is 3.00 bits per heavy atom. The lowest BCUT2D eigenvalue weighted by atomic mass is 10.5. The number of anilines is 1. The molecule has 0 aliphatic carbocycles. The van der Waals surface area contributed by atoms with Gasteiger partial charge in [-0.15, -0.1) is 0 Å². The molecule has 78 valence electrons. The topological polar surface area (TPSA) is 95.6 Å². The monoisotopic (exact) mass is 206 g/mol. The Morgan fingerprint density at radius 2 is 2.20 bits per heavy atom. The van der Waals surface area contributed by atoms with Crippen LogP contribution in [0.3, 0.4) is 0 Å². The first-order valence-corrected chi connectivity index (χ1v) is 4.41. The summed E-state index contributed by atoms with van der Waals surface area (Å²) in [5.74, 6) is 0.377. The summed E-state index contributed by atoms with van der Waals surface area (Å²) in [7, 11) is 1.78. The van der Waals surface area contributed by atoms with Gasteiger partial charge >= 0.3 is 0 Å². The lowest BCUT2D eigenvalue weighted by molar-refractivity contribution is 0.859. The van der Waals surface area contributed by atoms with Gasteiger partial charge in [-0.1, -0.05) is 0 Å². The van der Waals surface area contributed by atoms with Gasteiger partial charge in [0, 0.05) is 12.4 Å². The number of nitrogens with one attached hydrogen (secondary N) is 3. The molecule has 0 aromatic carbocycles. The second kappa shape index (κ2) is 4.01. The first-order valence-electron chi connectivity index (χ1n) is 4.41. The number of hydrogen-bond donors (Lipinski definition) is 3. The van der Waals surface area contributed by atoms with Crippen LogP contribution >= 0.6 is 0 Å². The van der Waals surface area contributed by atoms with Gasteiger partial charge in [-0.25, -0.2) is 9.97 Å². The van der Waals surface area contributed by atoms with Crippen LogP contribution in [0, 0.1) is 0 Å². The van der Waals surface area contributed by atoms with E-state index in [4.69, 9.17) is 0 Å². The first kappa shape index (κ1) is 9.53. The molecule has 0 aliphatic heterocycles. The maximum Gasteiger partial charge on any atom is 0.280 e. The average molecular weight is 206 g/mol. The number of hydrogen-bond acceptors (Lipinski definition) is 6. The Labute approximate surface area is 85.0 Å². The number of aromatic amines is 1. The average Bonchev–Trinajstić information content (AvgIpc) is 2.26. The predicted octanol–water partition coefficient (Wildman–Crippen LogP) is -0.698. The van der Waals surface area contributed by atoms with Crippen molar-refractivity contribution in [1.29, 1.82) is 0 Å². The molecule has 0 atom stereocenters. The van der Waals surface area contributed by atoms with E-state index >= 15 is 0 Å². The van der Waals surface area contributed by atoms with E-state index in [0.717, 1.165) is 0 Å². The highest BCUT2D eigenvalue weighted by Crippen LogP contribution is 2.00. The van der Waals surface area contributed by atoms with Crippen LogP contribution in [0.5, 0.6) is 0 Å². The van der Waals surface area contributed by atoms with E-state index in [1.807, 2.05) is 0 Å². The lowest BCUT2D eigenvalue weighted by Crippen LogP contribution is -2.21. The Balaban J connectivity index is 2.48. The summed E-state index contributed by atoms with van der Waals surface area (Å²) in [4.78, 5) is 26.0. The van der Waals surface area contributed by atoms with Crippen LogP contribution in [-0.2, 0) is 0 Å². The van der Waals surface area contributed by atoms with Crippen molar-refractivity contribution in [2.45, 2.75) is 0 Å². The molecule has 0 saturated carbocycles. The Morgan fingerprint density at radius 1 is 1.40 bits per heavy atom. The predicted molar refractivity (Wildman–Crippen MR) is 55.5 cm³/mol. The van der Waals surface area contributed by atoms with Crippen LogP contribution in [0.1, 0.15) is 0 Å². The number of aromatic nitrogens is 4. The zero-order valence-electron chi connectivity index (χ0n) is 8.11. The third-order valence-corrected chi connectivity index (χ3v) is 1.78. The smallest absolute Gasteiger partial charge is 0.280 e. The molecule has 7 nitrogen and oxygen atoms in total. The van der Waals surface area contributed by atoms with Crippen LogP contribution in [-0.4, -0.2) is 33.7 Å². The van der Waals surface area contributed by atoms with Crippen LogP contribution in [0.2, 0.25) is 0 Å². The Kier molecular flexibility index (Phi) is 2.55. The van der Waals surface area contributed by atoms with E-state index in [1.54, 1.807) is 7.05 Å². The van der Waals surface area contributed by atoms with Crippen molar-refractivity contribution in [3.63, 3.8) is 0 Å². The van der Waals surface area contributed by atoms with Gasteiger partial charge in [-0.3, -0.25) is 9.78 Å². The van der Waals surface area contributed by atoms with Crippen molar-refractivity contribution in [2.24, 2.45) is 0 Å². The minimum Gasteiger partial charge on any atom is -0.343 e. The van der Waals surface area contributed by atoms with Crippen LogP contribution in [0.15, 0.2) is 17.2 Å². The molecule has 15 heavy (non-hydrogen) atoms. The SMILES string of the molecule is CNCNc1nc2nccnc2c(=O)[nH]1. The number of nitrogens with zero attached hydrogens (tertiary/aromatic N) is 3. The van der Waals surface area contributed by atoms with Crippen molar-refractivity contribution >= 4 is 17.1 Å². The maximum atomic E-state index is 11.5. The summed E-state index contributed by atoms with van der Waals surface area (Å²) in [5, 5.41) is 5.76. The lowest BCUT2D eigenvalue weighted by Gasteiger charge is -2.03. The highest BCUT2D eigenvalue weighted by atomic mass is 16.1. The summed E-state index contributed by atoms with van der Waals surface area (Å²) in [5.41, 5.74) is 0.277. The highest BCUT2D eigenvalue weighted by Gasteiger charge is 2.03. The maximum absolute atomic E-state index is 11.5. The van der Waals surface area contributed by atoms with Gasteiger partial charge in [0.25, 0.3) is 5.56 Å². The van der Waals surface area contributed by atoms with E-state index in [2.05, 4.69) is 30.6 Å². The van der Waals surface area contributed by atoms with Crippen LogP contribution < -0.4 is 16.2 Å². The molecule has 2 aromatic heterocycles. The normalized spacial score (nSPS) is 10.5. The number of H-pyrrole nitrogens is 1. The molecule has 2 rings (SSSR count). The molecule has 0 amide bonds. The van der Waals surface area contributed by atoms with Crippen molar-refractivity contribution in [2.75, 3.05) is 19.0 Å². The fraction of sp³-hybridized carbons (Fsp3) is 0.250. The minimum atomic E-state index is -0.299. The van der Waals surface area contributed by atoms with Gasteiger partial charge in [-0.2, -0.15) is 4.98 Å². The van der Waals surface area contributed by atoms with Gasteiger partial charge in [0.05, 0.1) is 6.67 Å². The number of fused-ring (bicyclic) bond motifs is 1. The largest absolute Gasteiger partial charge is 0.343 e. The molecule has 0 saturated heterocycles. The minimum absolute atomic E-state index is 0.243. The fourth-order valence-electron chi connectivity index (χ4n) is 1.13. The zero-order valence-corrected chi connectivity index (χ0v) is 8.11. The summed E-state index contributed by atoms with van der Waals surface area (Å²) >= 11 is 0. The van der Waals surface area contributed by atoms with Crippen molar-refractivity contribution < 1.29 is 0 Å². The molecule has 2 aromatic rings. The third-order valence-electron chi connectivity index (χ3n) is 1.78. The van der Waals surface area contributed by atoms with E-state index in [1.165, 1.54) is 12.4 Å². The second-order valence-electron chi connectivity index (χ2n) is 2.85. The van der Waals surface area contributed by atoms with Crippen molar-refractivity contribution in [1.82, 2.24) is 25.3 Å². The summed E-state index contributed by atoms with van der Waals surface area (Å²) in [6, 6.07) is 0.